The second-order valence-electron chi connectivity index (χ2n) is 5.18. The molecule has 0 aliphatic carbocycles. The van der Waals surface area contributed by atoms with Gasteiger partial charge in [-0.1, -0.05) is 34.5 Å². The van der Waals surface area contributed by atoms with E-state index in [2.05, 4.69) is 26.1 Å². The van der Waals surface area contributed by atoms with Crippen molar-refractivity contribution in [1.82, 2.24) is 10.2 Å². The molecule has 1 saturated heterocycles. The number of halogens is 1. The van der Waals surface area contributed by atoms with E-state index in [9.17, 15) is 4.79 Å². The van der Waals surface area contributed by atoms with Crippen molar-refractivity contribution < 1.29 is 4.79 Å². The van der Waals surface area contributed by atoms with Crippen LogP contribution in [0.25, 0.3) is 0 Å². The van der Waals surface area contributed by atoms with Crippen LogP contribution in [0.5, 0.6) is 0 Å². The largest absolute Gasteiger partial charge is 0.348 e. The number of amides is 1. The molecule has 3 nitrogen and oxygen atoms in total. The van der Waals surface area contributed by atoms with Gasteiger partial charge < -0.3 is 5.32 Å². The standard InChI is InChI=1S/C15H21BrN2O/c1-12(13-5-7-14(16)8-6-13)17-15(19)11-18-9-3-2-4-10-18/h5-8,12H,2-4,9-11H2,1H3,(H,17,19)/t12-/m0/s1. The molecular weight excluding hydrogens is 304 g/mol. The third-order valence-corrected chi connectivity index (χ3v) is 4.09. The summed E-state index contributed by atoms with van der Waals surface area (Å²) < 4.78 is 1.06. The van der Waals surface area contributed by atoms with Crippen LogP contribution in [-0.2, 0) is 4.79 Å². The summed E-state index contributed by atoms with van der Waals surface area (Å²) in [6, 6.07) is 8.14. The Bertz CT molecular complexity index is 413. The molecule has 0 aromatic heterocycles. The first-order valence-corrected chi connectivity index (χ1v) is 7.71. The molecule has 1 amide bonds. The lowest BCUT2D eigenvalue weighted by atomic mass is 10.1. The lowest BCUT2D eigenvalue weighted by Crippen LogP contribution is -2.40. The van der Waals surface area contributed by atoms with Gasteiger partial charge in [0.1, 0.15) is 0 Å². The van der Waals surface area contributed by atoms with E-state index in [4.69, 9.17) is 0 Å². The van der Waals surface area contributed by atoms with E-state index in [1.54, 1.807) is 0 Å². The molecule has 4 heteroatoms. The summed E-state index contributed by atoms with van der Waals surface area (Å²) >= 11 is 3.42. The maximum atomic E-state index is 12.0. The van der Waals surface area contributed by atoms with Crippen molar-refractivity contribution in [2.75, 3.05) is 19.6 Å². The molecule has 0 radical (unpaired) electrons. The number of carbonyl (C=O) groups is 1. The monoisotopic (exact) mass is 324 g/mol. The first-order chi connectivity index (χ1) is 9.15. The summed E-state index contributed by atoms with van der Waals surface area (Å²) in [7, 11) is 0. The summed E-state index contributed by atoms with van der Waals surface area (Å²) in [6.45, 7) is 4.67. The second-order valence-corrected chi connectivity index (χ2v) is 6.09. The zero-order chi connectivity index (χ0) is 13.7. The van der Waals surface area contributed by atoms with Gasteiger partial charge in [-0.05, 0) is 50.6 Å². The van der Waals surface area contributed by atoms with Crippen LogP contribution in [0.2, 0.25) is 0 Å². The van der Waals surface area contributed by atoms with Gasteiger partial charge in [-0.25, -0.2) is 0 Å². The molecule has 19 heavy (non-hydrogen) atoms. The Balaban J connectivity index is 1.82. The van der Waals surface area contributed by atoms with E-state index in [-0.39, 0.29) is 11.9 Å². The van der Waals surface area contributed by atoms with Gasteiger partial charge >= 0.3 is 0 Å². The molecule has 0 saturated carbocycles. The highest BCUT2D eigenvalue weighted by Crippen LogP contribution is 2.16. The molecule has 1 aromatic carbocycles. The number of likely N-dealkylation sites (tertiary alicyclic amines) is 1. The van der Waals surface area contributed by atoms with Crippen LogP contribution in [0.3, 0.4) is 0 Å². The highest BCUT2D eigenvalue weighted by Gasteiger charge is 2.15. The molecule has 104 valence electrons. The molecule has 1 fully saturated rings. The molecular formula is C15H21BrN2O. The fourth-order valence-electron chi connectivity index (χ4n) is 2.44. The van der Waals surface area contributed by atoms with Gasteiger partial charge in [-0.15, -0.1) is 0 Å². The average Bonchev–Trinajstić information content (AvgIpc) is 2.40. The zero-order valence-electron chi connectivity index (χ0n) is 11.4. The first kappa shape index (κ1) is 14.5. The molecule has 1 N–H and O–H groups in total. The Morgan fingerprint density at radius 2 is 1.89 bits per heavy atom. The van der Waals surface area contributed by atoms with Gasteiger partial charge in [0, 0.05) is 4.47 Å². The molecule has 0 unspecified atom stereocenters. The number of benzene rings is 1. The predicted molar refractivity (Wildman–Crippen MR) is 81.0 cm³/mol. The van der Waals surface area contributed by atoms with E-state index in [1.165, 1.54) is 19.3 Å². The SMILES string of the molecule is C[C@H](NC(=O)CN1CCCCC1)c1ccc(Br)cc1. The highest BCUT2D eigenvalue weighted by atomic mass is 79.9. The number of hydrogen-bond donors (Lipinski definition) is 1. The van der Waals surface area contributed by atoms with Gasteiger partial charge in [0.05, 0.1) is 12.6 Å². The van der Waals surface area contributed by atoms with Gasteiger partial charge in [0.2, 0.25) is 5.91 Å². The summed E-state index contributed by atoms with van der Waals surface area (Å²) in [5.74, 6) is 0.123. The Morgan fingerprint density at radius 3 is 2.53 bits per heavy atom. The number of nitrogens with zero attached hydrogens (tertiary/aromatic N) is 1. The van der Waals surface area contributed by atoms with Gasteiger partial charge in [0.15, 0.2) is 0 Å². The maximum absolute atomic E-state index is 12.0. The van der Waals surface area contributed by atoms with E-state index >= 15 is 0 Å². The van der Waals surface area contributed by atoms with Crippen molar-refractivity contribution >= 4 is 21.8 Å². The smallest absolute Gasteiger partial charge is 0.234 e. The van der Waals surface area contributed by atoms with Gasteiger partial charge in [0.25, 0.3) is 0 Å². The quantitative estimate of drug-likeness (QED) is 0.922. The second kappa shape index (κ2) is 7.06. The molecule has 0 bridgehead atoms. The van der Waals surface area contributed by atoms with Crippen LogP contribution in [0.4, 0.5) is 0 Å². The molecule has 2 rings (SSSR count). The minimum Gasteiger partial charge on any atom is -0.348 e. The van der Waals surface area contributed by atoms with Crippen molar-refractivity contribution in [2.45, 2.75) is 32.2 Å². The maximum Gasteiger partial charge on any atom is 0.234 e. The third kappa shape index (κ3) is 4.62. The van der Waals surface area contributed by atoms with E-state index in [0.29, 0.717) is 6.54 Å². The first-order valence-electron chi connectivity index (χ1n) is 6.92. The number of hydrogen-bond acceptors (Lipinski definition) is 2. The lowest BCUT2D eigenvalue weighted by molar-refractivity contribution is -0.123. The Labute approximate surface area is 123 Å². The summed E-state index contributed by atoms with van der Waals surface area (Å²) in [6.07, 6.45) is 3.73. The minimum atomic E-state index is 0.0605. The molecule has 1 aliphatic rings. The van der Waals surface area contributed by atoms with Crippen molar-refractivity contribution in [3.8, 4) is 0 Å². The van der Waals surface area contributed by atoms with Crippen molar-refractivity contribution in [3.63, 3.8) is 0 Å². The van der Waals surface area contributed by atoms with Gasteiger partial charge in [-0.2, -0.15) is 0 Å². The molecule has 1 aromatic rings. The molecule has 1 aliphatic heterocycles. The Kier molecular flexibility index (Phi) is 5.40. The summed E-state index contributed by atoms with van der Waals surface area (Å²) in [5, 5.41) is 3.07. The highest BCUT2D eigenvalue weighted by molar-refractivity contribution is 9.10. The minimum absolute atomic E-state index is 0.0605. The predicted octanol–water partition coefficient (Wildman–Crippen LogP) is 3.11. The fourth-order valence-corrected chi connectivity index (χ4v) is 2.71. The van der Waals surface area contributed by atoms with Crippen LogP contribution in [0.1, 0.15) is 37.8 Å². The van der Waals surface area contributed by atoms with Gasteiger partial charge in [-0.3, -0.25) is 9.69 Å². The third-order valence-electron chi connectivity index (χ3n) is 3.56. The van der Waals surface area contributed by atoms with Crippen LogP contribution in [0.15, 0.2) is 28.7 Å². The van der Waals surface area contributed by atoms with Crippen LogP contribution in [0, 0.1) is 0 Å². The number of carbonyl (C=O) groups excluding carboxylic acids is 1. The molecule has 1 heterocycles. The van der Waals surface area contributed by atoms with E-state index in [0.717, 1.165) is 23.1 Å². The Morgan fingerprint density at radius 1 is 1.26 bits per heavy atom. The van der Waals surface area contributed by atoms with Crippen molar-refractivity contribution in [2.24, 2.45) is 0 Å². The fraction of sp³-hybridized carbons (Fsp3) is 0.533. The topological polar surface area (TPSA) is 32.3 Å². The number of rotatable bonds is 4. The zero-order valence-corrected chi connectivity index (χ0v) is 12.9. The van der Waals surface area contributed by atoms with Crippen molar-refractivity contribution in [1.29, 1.82) is 0 Å². The normalized spacial score (nSPS) is 18.0. The summed E-state index contributed by atoms with van der Waals surface area (Å²) in [4.78, 5) is 14.2. The average molecular weight is 325 g/mol. The van der Waals surface area contributed by atoms with Crippen molar-refractivity contribution in [3.05, 3.63) is 34.3 Å². The van der Waals surface area contributed by atoms with Crippen LogP contribution in [-0.4, -0.2) is 30.4 Å². The van der Waals surface area contributed by atoms with E-state index < -0.39 is 0 Å². The van der Waals surface area contributed by atoms with Crippen LogP contribution >= 0.6 is 15.9 Å². The van der Waals surface area contributed by atoms with Crippen LogP contribution < -0.4 is 5.32 Å². The van der Waals surface area contributed by atoms with E-state index in [1.807, 2.05) is 31.2 Å². The number of nitrogens with one attached hydrogen (secondary N) is 1. The lowest BCUT2D eigenvalue weighted by Gasteiger charge is -2.26. The molecule has 1 atom stereocenters. The summed E-state index contributed by atoms with van der Waals surface area (Å²) in [5.41, 5.74) is 1.13. The number of piperidine rings is 1. The molecule has 0 spiro atoms. The Hall–Kier alpha value is -0.870.